The van der Waals surface area contributed by atoms with E-state index >= 15 is 0 Å². The highest BCUT2D eigenvalue weighted by molar-refractivity contribution is 6.01. The highest BCUT2D eigenvalue weighted by Gasteiger charge is 2.45. The third-order valence-electron chi connectivity index (χ3n) is 12.1. The summed E-state index contributed by atoms with van der Waals surface area (Å²) in [5, 5.41) is 30.6. The van der Waals surface area contributed by atoms with Gasteiger partial charge in [0.25, 0.3) is 0 Å². The summed E-state index contributed by atoms with van der Waals surface area (Å²) in [6.45, 7) is 16.3. The van der Waals surface area contributed by atoms with Crippen LogP contribution in [0, 0.1) is 11.8 Å². The van der Waals surface area contributed by atoms with Crippen LogP contribution in [0.15, 0.2) is 110 Å². The summed E-state index contributed by atoms with van der Waals surface area (Å²) in [4.78, 5) is 96.4. The molecule has 402 valence electrons. The van der Waals surface area contributed by atoms with Gasteiger partial charge in [-0.2, -0.15) is 0 Å². The highest BCUT2D eigenvalue weighted by Crippen LogP contribution is 2.24. The van der Waals surface area contributed by atoms with Gasteiger partial charge in [0.15, 0.2) is 0 Å². The molecule has 0 aliphatic rings. The Morgan fingerprint density at radius 3 is 1.12 bits per heavy atom. The number of carbonyl (C=O) groups is 6. The standard InChI is InChI=1S/C56H78N8O10/c1-35(2)45(63(53(71)73-55(5,6)7)51(69)41(57)33-39-17-13-11-14-18-39)49(67)61-43(23-21-37-25-29-59-30-26-37)47(65)48(66)44(24-22-38-27-31-60-32-28-38)62-50(68)46(36(3)4)64(54(72)74-56(8,9)10)52(70)42(58)34-40-19-15-12-16-20-40/h11-20,25-32,35-36,41-48,65-66H,21-24,33-34,57-58H2,1-10H3,(H,61,67)(H,62,68)/t41-,42-,43-,44-,45-,46-,47+,48+/m0/s1. The molecule has 74 heavy (non-hydrogen) atoms. The molecule has 6 amide bonds. The molecular weight excluding hydrogens is 945 g/mol. The number of nitrogens with one attached hydrogen (secondary N) is 2. The quantitative estimate of drug-likeness (QED) is 0.0540. The SMILES string of the molecule is CC(C)[C@@H](C(=O)N[C@@H](CCc1ccncc1)[C@@H](O)[C@H](O)[C@H](CCc1ccncc1)NC(=O)[C@H](C(C)C)N(C(=O)OC(C)(C)C)C(=O)[C@@H](N)Cc1ccccc1)N(C(=O)OC(C)(C)C)C(=O)[C@@H](N)Cc1ccccc1. The van der Waals surface area contributed by atoms with Crippen molar-refractivity contribution in [2.45, 2.75) is 167 Å². The molecule has 4 aromatic rings. The Kier molecular flexibility index (Phi) is 22.4. The normalized spacial score (nSPS) is 15.1. The Hall–Kier alpha value is -6.60. The van der Waals surface area contributed by atoms with E-state index in [1.165, 1.54) is 0 Å². The van der Waals surface area contributed by atoms with Crippen LogP contribution in [0.2, 0.25) is 0 Å². The summed E-state index contributed by atoms with van der Waals surface area (Å²) in [6, 6.07) is 16.8. The Morgan fingerprint density at radius 2 is 0.838 bits per heavy atom. The summed E-state index contributed by atoms with van der Waals surface area (Å²) >= 11 is 0. The van der Waals surface area contributed by atoms with Crippen LogP contribution in [-0.2, 0) is 54.3 Å². The van der Waals surface area contributed by atoms with E-state index in [-0.39, 0.29) is 38.5 Å². The summed E-state index contributed by atoms with van der Waals surface area (Å²) in [5.41, 5.74) is 13.8. The van der Waals surface area contributed by atoms with Gasteiger partial charge in [-0.1, -0.05) is 88.4 Å². The zero-order chi connectivity index (χ0) is 54.9. The number of imide groups is 2. The van der Waals surface area contributed by atoms with Crippen LogP contribution >= 0.6 is 0 Å². The average Bonchev–Trinajstić information content (AvgIpc) is 3.33. The van der Waals surface area contributed by atoms with Crippen molar-refractivity contribution in [2.75, 3.05) is 0 Å². The number of carbonyl (C=O) groups excluding carboxylic acids is 6. The van der Waals surface area contributed by atoms with Gasteiger partial charge >= 0.3 is 12.2 Å². The maximum atomic E-state index is 14.9. The number of ether oxygens (including phenoxy) is 2. The van der Waals surface area contributed by atoms with Gasteiger partial charge in [-0.3, -0.25) is 29.1 Å². The van der Waals surface area contributed by atoms with E-state index in [2.05, 4.69) is 20.6 Å². The van der Waals surface area contributed by atoms with Crippen LogP contribution in [0.4, 0.5) is 9.59 Å². The predicted molar refractivity (Wildman–Crippen MR) is 281 cm³/mol. The van der Waals surface area contributed by atoms with Crippen LogP contribution in [0.3, 0.4) is 0 Å². The van der Waals surface area contributed by atoms with Gasteiger partial charge < -0.3 is 41.8 Å². The smallest absolute Gasteiger partial charge is 0.417 e. The minimum absolute atomic E-state index is 0.00651. The van der Waals surface area contributed by atoms with Crippen molar-refractivity contribution < 1.29 is 48.5 Å². The number of pyridine rings is 2. The molecule has 18 heteroatoms. The lowest BCUT2D eigenvalue weighted by molar-refractivity contribution is -0.144. The van der Waals surface area contributed by atoms with Gasteiger partial charge in [0.1, 0.15) is 35.5 Å². The van der Waals surface area contributed by atoms with Crippen molar-refractivity contribution in [3.05, 3.63) is 132 Å². The van der Waals surface area contributed by atoms with Crippen molar-refractivity contribution in [1.29, 1.82) is 0 Å². The van der Waals surface area contributed by atoms with Crippen molar-refractivity contribution in [1.82, 2.24) is 30.4 Å². The van der Waals surface area contributed by atoms with E-state index < -0.39 is 107 Å². The van der Waals surface area contributed by atoms with E-state index in [9.17, 15) is 39.0 Å². The number of benzene rings is 2. The van der Waals surface area contributed by atoms with E-state index in [1.807, 2.05) is 12.1 Å². The fourth-order valence-corrected chi connectivity index (χ4v) is 8.42. The first kappa shape index (κ1) is 60.0. The third-order valence-corrected chi connectivity index (χ3v) is 12.1. The zero-order valence-electron chi connectivity index (χ0n) is 44.5. The van der Waals surface area contributed by atoms with Crippen LogP contribution in [-0.4, -0.2) is 125 Å². The predicted octanol–water partition coefficient (Wildman–Crippen LogP) is 5.45. The zero-order valence-corrected chi connectivity index (χ0v) is 44.5. The lowest BCUT2D eigenvalue weighted by Gasteiger charge is -2.38. The van der Waals surface area contributed by atoms with Gasteiger partial charge in [-0.25, -0.2) is 19.4 Å². The Balaban J connectivity index is 1.77. The molecule has 0 aliphatic heterocycles. The van der Waals surface area contributed by atoms with E-state index in [0.717, 1.165) is 32.1 Å². The van der Waals surface area contributed by atoms with Crippen LogP contribution in [0.5, 0.6) is 0 Å². The molecule has 18 nitrogen and oxygen atoms in total. The molecule has 0 fully saturated rings. The number of aliphatic hydroxyl groups is 2. The summed E-state index contributed by atoms with van der Waals surface area (Å²) in [6.07, 6.45) is 1.06. The van der Waals surface area contributed by atoms with Crippen molar-refractivity contribution >= 4 is 35.8 Å². The van der Waals surface area contributed by atoms with Crippen LogP contribution in [0.1, 0.15) is 104 Å². The molecule has 0 saturated carbocycles. The molecular formula is C56H78N8O10. The number of nitrogens with zero attached hydrogens (tertiary/aromatic N) is 4. The molecule has 0 unspecified atom stereocenters. The van der Waals surface area contributed by atoms with Crippen molar-refractivity contribution in [3.8, 4) is 0 Å². The van der Waals surface area contributed by atoms with E-state index in [4.69, 9.17) is 20.9 Å². The maximum absolute atomic E-state index is 14.9. The maximum Gasteiger partial charge on any atom is 0.417 e. The van der Waals surface area contributed by atoms with Crippen LogP contribution < -0.4 is 22.1 Å². The second-order valence-electron chi connectivity index (χ2n) is 21.3. The summed E-state index contributed by atoms with van der Waals surface area (Å²) in [5.74, 6) is -4.90. The largest absolute Gasteiger partial charge is 0.443 e. The molecule has 0 aliphatic carbocycles. The number of hydrogen-bond acceptors (Lipinski definition) is 14. The highest BCUT2D eigenvalue weighted by atomic mass is 16.6. The summed E-state index contributed by atoms with van der Waals surface area (Å²) in [7, 11) is 0. The minimum atomic E-state index is -1.83. The Morgan fingerprint density at radius 1 is 0.527 bits per heavy atom. The topological polar surface area (TPSA) is 270 Å². The number of rotatable bonds is 23. The van der Waals surface area contributed by atoms with E-state index in [0.29, 0.717) is 0 Å². The molecule has 4 rings (SSSR count). The number of aromatic nitrogens is 2. The molecule has 0 radical (unpaired) electrons. The molecule has 0 spiro atoms. The number of amides is 6. The van der Waals surface area contributed by atoms with Gasteiger partial charge in [-0.15, -0.1) is 0 Å². The molecule has 0 saturated heterocycles. The number of nitrogens with two attached hydrogens (primary N) is 2. The van der Waals surface area contributed by atoms with Crippen molar-refractivity contribution in [3.63, 3.8) is 0 Å². The Bertz CT molecular complexity index is 2250. The van der Waals surface area contributed by atoms with Crippen molar-refractivity contribution in [2.24, 2.45) is 23.3 Å². The second-order valence-corrected chi connectivity index (χ2v) is 21.3. The fourth-order valence-electron chi connectivity index (χ4n) is 8.42. The van der Waals surface area contributed by atoms with Gasteiger partial charge in [0.05, 0.1) is 24.2 Å². The molecule has 2 aromatic carbocycles. The van der Waals surface area contributed by atoms with E-state index in [1.54, 1.807) is 167 Å². The molecule has 2 aromatic heterocycles. The minimum Gasteiger partial charge on any atom is -0.443 e. The Labute approximate surface area is 436 Å². The fraction of sp³-hybridized carbons (Fsp3) is 0.500. The second kappa shape index (κ2) is 27.6. The lowest BCUT2D eigenvalue weighted by Crippen LogP contribution is -2.64. The molecule has 2 heterocycles. The summed E-state index contributed by atoms with van der Waals surface area (Å²) < 4.78 is 11.4. The molecule has 0 bridgehead atoms. The number of hydrogen-bond donors (Lipinski definition) is 6. The number of aryl methyl sites for hydroxylation is 2. The first-order valence-electron chi connectivity index (χ1n) is 25.2. The van der Waals surface area contributed by atoms with Crippen LogP contribution in [0.25, 0.3) is 0 Å². The first-order chi connectivity index (χ1) is 34.8. The number of aliphatic hydroxyl groups excluding tert-OH is 2. The van der Waals surface area contributed by atoms with Gasteiger partial charge in [0.2, 0.25) is 23.6 Å². The molecule has 8 N–H and O–H groups in total. The monoisotopic (exact) mass is 1020 g/mol. The average molecular weight is 1020 g/mol. The van der Waals surface area contributed by atoms with Gasteiger partial charge in [-0.05, 0) is 138 Å². The first-order valence-corrected chi connectivity index (χ1v) is 25.2. The lowest BCUT2D eigenvalue weighted by atomic mass is 9.90. The van der Waals surface area contributed by atoms with Gasteiger partial charge in [0, 0.05) is 24.8 Å². The molecule has 8 atom stereocenters. The third kappa shape index (κ3) is 18.4.